The van der Waals surface area contributed by atoms with Crippen molar-refractivity contribution >= 4 is 69.7 Å². The van der Waals surface area contributed by atoms with Gasteiger partial charge in [-0.25, -0.2) is 9.97 Å². The number of hydrogen-bond donors (Lipinski definition) is 4. The van der Waals surface area contributed by atoms with E-state index < -0.39 is 7.12 Å². The number of anilines is 2. The molecule has 36 heavy (non-hydrogen) atoms. The zero-order valence-corrected chi connectivity index (χ0v) is 23.1. The van der Waals surface area contributed by atoms with Gasteiger partial charge in [-0.3, -0.25) is 0 Å². The van der Waals surface area contributed by atoms with Crippen LogP contribution in [0.25, 0.3) is 11.1 Å². The highest BCUT2D eigenvalue weighted by Gasteiger charge is 2.15. The standard InChI is InChI=1S/C12H11ClN2O.C7H9BO3.C5H4ClIN2/c1-16-11-5-3-2-4-8(11)9-7-15-12(13)6-10(9)14;1-11-7-5-3-2-4-6(7)8(9)10;6-5-1-4(8)3(7)2-9-5/h2-7H,1H3,(H2,14,15);2-5,9-10H,1H3;1-2H,(H2,8,9). The van der Waals surface area contributed by atoms with Crippen molar-refractivity contribution in [3.05, 3.63) is 86.9 Å². The lowest BCUT2D eigenvalue weighted by atomic mass is 9.80. The summed E-state index contributed by atoms with van der Waals surface area (Å²) in [6, 6.07) is 17.7. The van der Waals surface area contributed by atoms with Crippen LogP contribution < -0.4 is 26.4 Å². The number of benzene rings is 2. The van der Waals surface area contributed by atoms with Gasteiger partial charge in [0.2, 0.25) is 0 Å². The molecule has 6 N–H and O–H groups in total. The summed E-state index contributed by atoms with van der Waals surface area (Å²) in [5, 5.41) is 18.4. The number of ether oxygens (including phenoxy) is 2. The van der Waals surface area contributed by atoms with Crippen LogP contribution in [0.15, 0.2) is 73.1 Å². The van der Waals surface area contributed by atoms with E-state index in [4.69, 9.17) is 54.2 Å². The number of nitrogens with zero attached hydrogens (tertiary/aromatic N) is 2. The fourth-order valence-corrected chi connectivity index (χ4v) is 3.47. The molecule has 12 heteroatoms. The first-order chi connectivity index (χ1) is 17.2. The van der Waals surface area contributed by atoms with Gasteiger partial charge >= 0.3 is 7.12 Å². The second kappa shape index (κ2) is 14.7. The Morgan fingerprint density at radius 1 is 0.778 bits per heavy atom. The molecular weight excluding hydrogens is 617 g/mol. The fraction of sp³-hybridized carbons (Fsp3) is 0.0833. The van der Waals surface area contributed by atoms with Crippen LogP contribution in [0.2, 0.25) is 10.3 Å². The van der Waals surface area contributed by atoms with Gasteiger partial charge in [-0.2, -0.15) is 0 Å². The average Bonchev–Trinajstić information content (AvgIpc) is 2.87. The summed E-state index contributed by atoms with van der Waals surface area (Å²) in [6.07, 6.45) is 3.29. The first-order valence-electron chi connectivity index (χ1n) is 10.3. The third-order valence-corrected chi connectivity index (χ3v) is 5.88. The van der Waals surface area contributed by atoms with E-state index in [1.807, 2.05) is 24.3 Å². The Labute approximate surface area is 233 Å². The first-order valence-corrected chi connectivity index (χ1v) is 12.1. The Morgan fingerprint density at radius 2 is 1.31 bits per heavy atom. The number of halogens is 3. The zero-order valence-electron chi connectivity index (χ0n) is 19.4. The molecule has 2 aromatic heterocycles. The van der Waals surface area contributed by atoms with Crippen molar-refractivity contribution in [1.29, 1.82) is 0 Å². The SMILES string of the molecule is COc1ccccc1-c1cnc(Cl)cc1N.COc1ccccc1B(O)O.Nc1cc(Cl)ncc1I. The largest absolute Gasteiger partial charge is 0.497 e. The summed E-state index contributed by atoms with van der Waals surface area (Å²) >= 11 is 13.4. The van der Waals surface area contributed by atoms with Gasteiger partial charge < -0.3 is 31.0 Å². The van der Waals surface area contributed by atoms with Gasteiger partial charge in [-0.05, 0) is 46.9 Å². The van der Waals surface area contributed by atoms with Gasteiger partial charge in [-0.15, -0.1) is 0 Å². The molecule has 0 spiro atoms. The van der Waals surface area contributed by atoms with Crippen LogP contribution in [-0.2, 0) is 0 Å². The molecule has 0 aliphatic carbocycles. The van der Waals surface area contributed by atoms with Crippen molar-refractivity contribution in [2.45, 2.75) is 0 Å². The van der Waals surface area contributed by atoms with Crippen molar-refractivity contribution in [3.8, 4) is 22.6 Å². The molecule has 0 aliphatic rings. The molecule has 4 aromatic rings. The highest BCUT2D eigenvalue weighted by atomic mass is 127. The Kier molecular flexibility index (Phi) is 12.0. The highest BCUT2D eigenvalue weighted by molar-refractivity contribution is 14.1. The summed E-state index contributed by atoms with van der Waals surface area (Å²) in [6.45, 7) is 0. The third kappa shape index (κ3) is 8.72. The molecule has 2 heterocycles. The Hall–Kier alpha value is -2.77. The van der Waals surface area contributed by atoms with E-state index in [2.05, 4.69) is 32.6 Å². The number of methoxy groups -OCH3 is 2. The summed E-state index contributed by atoms with van der Waals surface area (Å²) < 4.78 is 11.1. The van der Waals surface area contributed by atoms with Crippen molar-refractivity contribution < 1.29 is 19.5 Å². The van der Waals surface area contributed by atoms with Crippen LogP contribution in [0.1, 0.15) is 0 Å². The van der Waals surface area contributed by atoms with Crippen LogP contribution >= 0.6 is 45.8 Å². The molecule has 0 saturated carbocycles. The van der Waals surface area contributed by atoms with E-state index >= 15 is 0 Å². The Bertz CT molecular complexity index is 1280. The molecule has 0 aliphatic heterocycles. The Morgan fingerprint density at radius 3 is 1.81 bits per heavy atom. The number of pyridine rings is 2. The number of para-hydroxylation sites is 2. The van der Waals surface area contributed by atoms with Crippen molar-refractivity contribution in [1.82, 2.24) is 9.97 Å². The smallest absolute Gasteiger partial charge is 0.492 e. The normalized spacial score (nSPS) is 9.75. The summed E-state index contributed by atoms with van der Waals surface area (Å²) in [7, 11) is 1.64. The molecule has 0 unspecified atom stereocenters. The second-order valence-corrected chi connectivity index (χ2v) is 8.88. The highest BCUT2D eigenvalue weighted by Crippen LogP contribution is 2.33. The predicted octanol–water partition coefficient (Wildman–Crippen LogP) is 4.29. The van der Waals surface area contributed by atoms with Gasteiger partial charge in [0, 0.05) is 40.4 Å². The van der Waals surface area contributed by atoms with Gasteiger partial charge in [0.25, 0.3) is 0 Å². The van der Waals surface area contributed by atoms with Crippen molar-refractivity contribution in [2.24, 2.45) is 0 Å². The minimum atomic E-state index is -1.47. The van der Waals surface area contributed by atoms with Gasteiger partial charge in [0.1, 0.15) is 21.8 Å². The molecule has 0 radical (unpaired) electrons. The van der Waals surface area contributed by atoms with Crippen LogP contribution in [0, 0.1) is 3.57 Å². The van der Waals surface area contributed by atoms with Crippen LogP contribution in [0.5, 0.6) is 11.5 Å². The van der Waals surface area contributed by atoms with Crippen LogP contribution in [-0.4, -0.2) is 41.4 Å². The van der Waals surface area contributed by atoms with E-state index in [1.54, 1.807) is 55.9 Å². The monoisotopic (exact) mass is 640 g/mol. The lowest BCUT2D eigenvalue weighted by molar-refractivity contribution is 0.403. The first kappa shape index (κ1) is 29.5. The predicted molar refractivity (Wildman–Crippen MR) is 155 cm³/mol. The van der Waals surface area contributed by atoms with E-state index in [9.17, 15) is 0 Å². The maximum atomic E-state index is 8.81. The molecule has 0 bridgehead atoms. The molecule has 4 rings (SSSR count). The lowest BCUT2D eigenvalue weighted by Crippen LogP contribution is -2.30. The van der Waals surface area contributed by atoms with E-state index in [0.717, 1.165) is 20.4 Å². The molecule has 0 fully saturated rings. The summed E-state index contributed by atoms with van der Waals surface area (Å²) in [5.41, 5.74) is 14.8. The van der Waals surface area contributed by atoms with E-state index in [-0.39, 0.29) is 0 Å². The molecule has 0 saturated heterocycles. The maximum absolute atomic E-state index is 8.81. The van der Waals surface area contributed by atoms with Crippen LogP contribution in [0.3, 0.4) is 0 Å². The van der Waals surface area contributed by atoms with E-state index in [1.165, 1.54) is 7.11 Å². The quantitative estimate of drug-likeness (QED) is 0.147. The van der Waals surface area contributed by atoms with E-state index in [0.29, 0.717) is 32.9 Å². The Balaban J connectivity index is 0.000000200. The minimum absolute atomic E-state index is 0.384. The maximum Gasteiger partial charge on any atom is 0.492 e. The lowest BCUT2D eigenvalue weighted by Gasteiger charge is -2.10. The molecule has 188 valence electrons. The van der Waals surface area contributed by atoms with Gasteiger partial charge in [0.05, 0.1) is 17.8 Å². The molecule has 8 nitrogen and oxygen atoms in total. The molecular formula is C24H24BCl2IN4O4. The van der Waals surface area contributed by atoms with Crippen molar-refractivity contribution in [3.63, 3.8) is 0 Å². The number of rotatable bonds is 4. The molecule has 0 atom stereocenters. The van der Waals surface area contributed by atoms with Gasteiger partial charge in [0.15, 0.2) is 0 Å². The summed E-state index contributed by atoms with van der Waals surface area (Å²) in [5.74, 6) is 1.25. The zero-order chi connectivity index (χ0) is 26.7. The second-order valence-electron chi connectivity index (χ2n) is 6.94. The number of nitrogens with two attached hydrogens (primary N) is 2. The topological polar surface area (TPSA) is 137 Å². The molecule has 0 amide bonds. The number of nitrogen functional groups attached to an aromatic ring is 2. The summed E-state index contributed by atoms with van der Waals surface area (Å²) in [4.78, 5) is 7.84. The number of aromatic nitrogens is 2. The van der Waals surface area contributed by atoms with Gasteiger partial charge in [-0.1, -0.05) is 59.6 Å². The number of hydrogen-bond acceptors (Lipinski definition) is 8. The fourth-order valence-electron chi connectivity index (χ4n) is 2.84. The van der Waals surface area contributed by atoms with Crippen LogP contribution in [0.4, 0.5) is 11.4 Å². The minimum Gasteiger partial charge on any atom is -0.497 e. The van der Waals surface area contributed by atoms with Crippen molar-refractivity contribution in [2.75, 3.05) is 25.7 Å². The average molecular weight is 641 g/mol. The third-order valence-electron chi connectivity index (χ3n) is 4.57. The molecule has 2 aromatic carbocycles.